The standard InChI is InChI=1S/C13H14N2O4S/c1-19-11(17)7-20-6-10(16)15-12-8-4-2-3-5-9(8)14-13(12)18/h2-5,12H,6-7H2,1H3,(H,14,18)(H,15,16)/t12-/m0/s1. The van der Waals surface area contributed by atoms with Crippen molar-refractivity contribution < 1.29 is 19.1 Å². The first-order chi connectivity index (χ1) is 9.61. The van der Waals surface area contributed by atoms with Crippen LogP contribution in [0, 0.1) is 0 Å². The number of amides is 2. The number of carbonyl (C=O) groups excluding carboxylic acids is 3. The van der Waals surface area contributed by atoms with Gasteiger partial charge < -0.3 is 15.4 Å². The van der Waals surface area contributed by atoms with E-state index >= 15 is 0 Å². The van der Waals surface area contributed by atoms with Crippen molar-refractivity contribution in [3.05, 3.63) is 29.8 Å². The van der Waals surface area contributed by atoms with Gasteiger partial charge in [-0.3, -0.25) is 14.4 Å². The number of rotatable bonds is 5. The highest BCUT2D eigenvalue weighted by Gasteiger charge is 2.31. The first-order valence-corrected chi connectivity index (χ1v) is 7.11. The zero-order valence-corrected chi connectivity index (χ0v) is 11.7. The van der Waals surface area contributed by atoms with Crippen LogP contribution in [0.4, 0.5) is 5.69 Å². The SMILES string of the molecule is COC(=O)CSCC(=O)N[C@@H]1C(=O)Nc2ccccc21. The Labute approximate surface area is 120 Å². The van der Waals surface area contributed by atoms with Crippen molar-refractivity contribution in [1.29, 1.82) is 0 Å². The van der Waals surface area contributed by atoms with E-state index in [1.807, 2.05) is 12.1 Å². The van der Waals surface area contributed by atoms with Crippen molar-refractivity contribution in [3.63, 3.8) is 0 Å². The molecule has 0 aromatic heterocycles. The van der Waals surface area contributed by atoms with E-state index in [1.165, 1.54) is 7.11 Å². The van der Waals surface area contributed by atoms with Crippen LogP contribution in [0.2, 0.25) is 0 Å². The maximum absolute atomic E-state index is 11.8. The molecule has 1 atom stereocenters. The Hall–Kier alpha value is -2.02. The van der Waals surface area contributed by atoms with Crippen LogP contribution in [-0.4, -0.2) is 36.4 Å². The lowest BCUT2D eigenvalue weighted by Crippen LogP contribution is -2.34. The summed E-state index contributed by atoms with van der Waals surface area (Å²) in [5, 5.41) is 5.35. The highest BCUT2D eigenvalue weighted by Crippen LogP contribution is 2.30. The van der Waals surface area contributed by atoms with Gasteiger partial charge in [0.2, 0.25) is 5.91 Å². The summed E-state index contributed by atoms with van der Waals surface area (Å²) >= 11 is 1.14. The number of fused-ring (bicyclic) bond motifs is 1. The fourth-order valence-corrected chi connectivity index (χ4v) is 2.50. The average molecular weight is 294 g/mol. The van der Waals surface area contributed by atoms with Gasteiger partial charge in [0.05, 0.1) is 18.6 Å². The summed E-state index contributed by atoms with van der Waals surface area (Å²) in [6.07, 6.45) is 0. The van der Waals surface area contributed by atoms with Crippen LogP contribution in [0.1, 0.15) is 11.6 Å². The summed E-state index contributed by atoms with van der Waals surface area (Å²) in [7, 11) is 1.29. The lowest BCUT2D eigenvalue weighted by atomic mass is 10.1. The molecule has 1 aliphatic heterocycles. The topological polar surface area (TPSA) is 84.5 Å². The monoisotopic (exact) mass is 294 g/mol. The van der Waals surface area contributed by atoms with Gasteiger partial charge in [-0.25, -0.2) is 0 Å². The number of hydrogen-bond donors (Lipinski definition) is 2. The summed E-state index contributed by atoms with van der Waals surface area (Å²) in [5.74, 6) is -0.724. The maximum Gasteiger partial charge on any atom is 0.315 e. The Bertz CT molecular complexity index is 547. The van der Waals surface area contributed by atoms with E-state index in [0.29, 0.717) is 5.69 Å². The van der Waals surface area contributed by atoms with Gasteiger partial charge in [0, 0.05) is 11.3 Å². The number of anilines is 1. The Morgan fingerprint density at radius 3 is 2.85 bits per heavy atom. The molecule has 0 radical (unpaired) electrons. The molecule has 0 bridgehead atoms. The molecule has 1 aromatic carbocycles. The number of ether oxygens (including phenoxy) is 1. The van der Waals surface area contributed by atoms with Crippen LogP contribution < -0.4 is 10.6 Å². The molecule has 0 saturated carbocycles. The molecule has 1 aliphatic rings. The zero-order valence-electron chi connectivity index (χ0n) is 10.8. The van der Waals surface area contributed by atoms with Gasteiger partial charge in [-0.1, -0.05) is 18.2 Å². The van der Waals surface area contributed by atoms with Gasteiger partial charge in [-0.2, -0.15) is 0 Å². The molecule has 0 saturated heterocycles. The van der Waals surface area contributed by atoms with E-state index in [2.05, 4.69) is 15.4 Å². The molecule has 6 nitrogen and oxygen atoms in total. The van der Waals surface area contributed by atoms with Crippen LogP contribution in [0.3, 0.4) is 0 Å². The van der Waals surface area contributed by atoms with Gasteiger partial charge >= 0.3 is 5.97 Å². The van der Waals surface area contributed by atoms with Crippen LogP contribution >= 0.6 is 11.8 Å². The molecule has 20 heavy (non-hydrogen) atoms. The molecular formula is C13H14N2O4S. The molecule has 2 rings (SSSR count). The maximum atomic E-state index is 11.8. The third-order valence-electron chi connectivity index (χ3n) is 2.78. The molecule has 0 unspecified atom stereocenters. The smallest absolute Gasteiger partial charge is 0.315 e. The summed E-state index contributed by atoms with van der Waals surface area (Å²) in [4.78, 5) is 34.5. The minimum atomic E-state index is -0.669. The first-order valence-electron chi connectivity index (χ1n) is 5.95. The fraction of sp³-hybridized carbons (Fsp3) is 0.308. The van der Waals surface area contributed by atoms with Gasteiger partial charge in [-0.05, 0) is 6.07 Å². The van der Waals surface area contributed by atoms with E-state index in [4.69, 9.17) is 0 Å². The van der Waals surface area contributed by atoms with Crippen LogP contribution in [-0.2, 0) is 19.1 Å². The van der Waals surface area contributed by atoms with Crippen LogP contribution in [0.5, 0.6) is 0 Å². The van der Waals surface area contributed by atoms with E-state index in [9.17, 15) is 14.4 Å². The predicted octanol–water partition coefficient (Wildman–Crippen LogP) is 0.702. The lowest BCUT2D eigenvalue weighted by Gasteiger charge is -2.11. The highest BCUT2D eigenvalue weighted by molar-refractivity contribution is 8.00. The van der Waals surface area contributed by atoms with Crippen molar-refractivity contribution in [3.8, 4) is 0 Å². The van der Waals surface area contributed by atoms with Crippen LogP contribution in [0.25, 0.3) is 0 Å². The molecule has 1 aromatic rings. The molecule has 7 heteroatoms. The second-order valence-electron chi connectivity index (χ2n) is 4.15. The van der Waals surface area contributed by atoms with E-state index in [1.54, 1.807) is 12.1 Å². The Balaban J connectivity index is 1.89. The molecule has 106 valence electrons. The largest absolute Gasteiger partial charge is 0.468 e. The molecule has 1 heterocycles. The van der Waals surface area contributed by atoms with Gasteiger partial charge in [0.15, 0.2) is 0 Å². The molecule has 0 spiro atoms. The third kappa shape index (κ3) is 3.30. The third-order valence-corrected chi connectivity index (χ3v) is 3.68. The Morgan fingerprint density at radius 1 is 1.35 bits per heavy atom. The molecule has 2 N–H and O–H groups in total. The summed E-state index contributed by atoms with van der Waals surface area (Å²) < 4.78 is 4.47. The second-order valence-corrected chi connectivity index (χ2v) is 5.13. The van der Waals surface area contributed by atoms with E-state index in [0.717, 1.165) is 17.3 Å². The molecule has 2 amide bonds. The zero-order chi connectivity index (χ0) is 14.5. The molecule has 0 aliphatic carbocycles. The average Bonchev–Trinajstić information content (AvgIpc) is 2.75. The summed E-state index contributed by atoms with van der Waals surface area (Å²) in [6, 6.07) is 6.53. The number of carbonyl (C=O) groups is 3. The highest BCUT2D eigenvalue weighted by atomic mass is 32.2. The fourth-order valence-electron chi connectivity index (χ4n) is 1.84. The summed E-state index contributed by atoms with van der Waals surface area (Å²) in [6.45, 7) is 0. The minimum absolute atomic E-state index is 0.0983. The van der Waals surface area contributed by atoms with Crippen molar-refractivity contribution in [2.75, 3.05) is 23.9 Å². The van der Waals surface area contributed by atoms with E-state index < -0.39 is 6.04 Å². The molecule has 0 fully saturated rings. The van der Waals surface area contributed by atoms with Gasteiger partial charge in [0.1, 0.15) is 6.04 Å². The first kappa shape index (κ1) is 14.4. The number of nitrogens with one attached hydrogen (secondary N) is 2. The van der Waals surface area contributed by atoms with Crippen molar-refractivity contribution in [2.45, 2.75) is 6.04 Å². The van der Waals surface area contributed by atoms with E-state index in [-0.39, 0.29) is 29.3 Å². The molecular weight excluding hydrogens is 280 g/mol. The Morgan fingerprint density at radius 2 is 2.10 bits per heavy atom. The van der Waals surface area contributed by atoms with Crippen LogP contribution in [0.15, 0.2) is 24.3 Å². The minimum Gasteiger partial charge on any atom is -0.468 e. The number of para-hydroxylation sites is 1. The van der Waals surface area contributed by atoms with Crippen molar-refractivity contribution in [1.82, 2.24) is 5.32 Å². The normalized spacial score (nSPS) is 16.2. The lowest BCUT2D eigenvalue weighted by molar-refractivity contribution is -0.137. The van der Waals surface area contributed by atoms with Gasteiger partial charge in [0.25, 0.3) is 5.91 Å². The summed E-state index contributed by atoms with van der Waals surface area (Å²) in [5.41, 5.74) is 1.47. The van der Waals surface area contributed by atoms with Gasteiger partial charge in [-0.15, -0.1) is 11.8 Å². The second kappa shape index (κ2) is 6.42. The number of esters is 1. The number of thioether (sulfide) groups is 1. The Kier molecular flexibility index (Phi) is 4.62. The quantitative estimate of drug-likeness (QED) is 0.781. The predicted molar refractivity (Wildman–Crippen MR) is 75.3 cm³/mol. The van der Waals surface area contributed by atoms with Crippen molar-refractivity contribution in [2.24, 2.45) is 0 Å². The number of benzene rings is 1. The number of methoxy groups -OCH3 is 1. The number of hydrogen-bond acceptors (Lipinski definition) is 5. The van der Waals surface area contributed by atoms with Crippen molar-refractivity contribution >= 4 is 35.2 Å².